The van der Waals surface area contributed by atoms with Crippen LogP contribution >= 0.6 is 0 Å². The molecule has 0 heterocycles. The third-order valence-electron chi connectivity index (χ3n) is 5.89. The van der Waals surface area contributed by atoms with Gasteiger partial charge in [-0.1, -0.05) is 0 Å². The molecule has 0 radical (unpaired) electrons. The molecule has 4 atom stereocenters. The number of ketones is 1. The van der Waals surface area contributed by atoms with Crippen molar-refractivity contribution in [2.75, 3.05) is 0 Å². The van der Waals surface area contributed by atoms with E-state index in [1.807, 2.05) is 0 Å². The van der Waals surface area contributed by atoms with Gasteiger partial charge in [0.05, 0.1) is 6.42 Å². The van der Waals surface area contributed by atoms with E-state index >= 15 is 0 Å². The second kappa shape index (κ2) is 5.76. The van der Waals surface area contributed by atoms with Gasteiger partial charge in [-0.3, -0.25) is 9.59 Å². The standard InChI is InChI=1S/C18H15F5O3/c19-12-10(13(20)15(22)16(23)14(12)21)3-11(24)26-18-4-7-1-8(5-18)17(25)9(2-7)6-18/h7-9H,1-6H2/t7?,8-,9+,18?. The van der Waals surface area contributed by atoms with Crippen molar-refractivity contribution in [2.24, 2.45) is 17.8 Å². The van der Waals surface area contributed by atoms with Gasteiger partial charge in [0.1, 0.15) is 11.4 Å². The normalized spacial score (nSPS) is 32.2. The fourth-order valence-corrected chi connectivity index (χ4v) is 5.03. The highest BCUT2D eigenvalue weighted by atomic mass is 19.2. The number of carbonyl (C=O) groups is 2. The summed E-state index contributed by atoms with van der Waals surface area (Å²) >= 11 is 0. The minimum atomic E-state index is -2.27. The number of esters is 1. The van der Waals surface area contributed by atoms with E-state index in [1.54, 1.807) is 0 Å². The van der Waals surface area contributed by atoms with Crippen LogP contribution in [0.25, 0.3) is 0 Å². The maximum atomic E-state index is 13.7. The maximum Gasteiger partial charge on any atom is 0.311 e. The number of hydrogen-bond donors (Lipinski definition) is 0. The van der Waals surface area contributed by atoms with Crippen molar-refractivity contribution in [3.63, 3.8) is 0 Å². The van der Waals surface area contributed by atoms with E-state index in [1.165, 1.54) is 0 Å². The van der Waals surface area contributed by atoms with Crippen molar-refractivity contribution in [3.8, 4) is 0 Å². The second-order valence-corrected chi connectivity index (χ2v) is 7.63. The number of benzene rings is 1. The Morgan fingerprint density at radius 1 is 0.885 bits per heavy atom. The topological polar surface area (TPSA) is 43.4 Å². The van der Waals surface area contributed by atoms with Gasteiger partial charge in [-0.2, -0.15) is 0 Å². The molecule has 1 aromatic rings. The van der Waals surface area contributed by atoms with Crippen molar-refractivity contribution >= 4 is 11.8 Å². The van der Waals surface area contributed by atoms with E-state index in [4.69, 9.17) is 4.74 Å². The molecule has 3 nitrogen and oxygen atoms in total. The third-order valence-corrected chi connectivity index (χ3v) is 5.89. The molecule has 8 heteroatoms. The fraction of sp³-hybridized carbons (Fsp3) is 0.556. The number of ether oxygens (including phenoxy) is 1. The number of Topliss-reactive ketones (excluding diaryl/α,β-unsaturated/α-hetero) is 1. The quantitative estimate of drug-likeness (QED) is 0.351. The average Bonchev–Trinajstić information content (AvgIpc) is 2.58. The van der Waals surface area contributed by atoms with E-state index in [0.29, 0.717) is 19.3 Å². The number of hydrogen-bond acceptors (Lipinski definition) is 3. The first-order valence-electron chi connectivity index (χ1n) is 8.46. The lowest BCUT2D eigenvalue weighted by Gasteiger charge is -2.54. The van der Waals surface area contributed by atoms with Gasteiger partial charge < -0.3 is 4.74 Å². The predicted molar refractivity (Wildman–Crippen MR) is 77.3 cm³/mol. The van der Waals surface area contributed by atoms with Gasteiger partial charge in [0.25, 0.3) is 0 Å². The minimum absolute atomic E-state index is 0.174. The minimum Gasteiger partial charge on any atom is -0.459 e. The molecule has 0 amide bonds. The SMILES string of the molecule is O=C(Cc1c(F)c(F)c(F)c(F)c1F)OC12CC3C[C@H](C1)C(=O)[C@@H](C3)C2. The summed E-state index contributed by atoms with van der Waals surface area (Å²) in [7, 11) is 0. The Balaban J connectivity index is 1.55. The molecule has 4 aliphatic carbocycles. The largest absolute Gasteiger partial charge is 0.459 e. The molecule has 4 saturated carbocycles. The Bertz CT molecular complexity index is 775. The van der Waals surface area contributed by atoms with Crippen LogP contribution in [0.4, 0.5) is 22.0 Å². The van der Waals surface area contributed by atoms with Gasteiger partial charge in [0.2, 0.25) is 5.82 Å². The van der Waals surface area contributed by atoms with Gasteiger partial charge in [0, 0.05) is 17.4 Å². The Labute approximate surface area is 145 Å². The van der Waals surface area contributed by atoms with Crippen molar-refractivity contribution < 1.29 is 36.3 Å². The average molecular weight is 374 g/mol. The Hall–Kier alpha value is -1.99. The van der Waals surface area contributed by atoms with Crippen LogP contribution < -0.4 is 0 Å². The van der Waals surface area contributed by atoms with Gasteiger partial charge in [-0.15, -0.1) is 0 Å². The highest BCUT2D eigenvalue weighted by Crippen LogP contribution is 2.55. The zero-order chi connectivity index (χ0) is 18.8. The maximum absolute atomic E-state index is 13.7. The Kier molecular flexibility index (Phi) is 3.86. The zero-order valence-electron chi connectivity index (χ0n) is 13.6. The first kappa shape index (κ1) is 17.4. The molecule has 5 rings (SSSR count). The van der Waals surface area contributed by atoms with E-state index in [-0.39, 0.29) is 23.5 Å². The predicted octanol–water partition coefficient (Wildman–Crippen LogP) is 3.62. The van der Waals surface area contributed by atoms with Gasteiger partial charge >= 0.3 is 5.97 Å². The van der Waals surface area contributed by atoms with E-state index in [9.17, 15) is 31.5 Å². The lowest BCUT2D eigenvalue weighted by atomic mass is 9.53. The summed E-state index contributed by atoms with van der Waals surface area (Å²) in [6.45, 7) is 0. The first-order chi connectivity index (χ1) is 12.2. The molecule has 1 aromatic carbocycles. The Morgan fingerprint density at radius 3 is 1.92 bits per heavy atom. The molecule has 0 spiro atoms. The zero-order valence-corrected chi connectivity index (χ0v) is 13.6. The molecule has 0 N–H and O–H groups in total. The summed E-state index contributed by atoms with van der Waals surface area (Å²) in [6.07, 6.45) is 1.75. The first-order valence-corrected chi connectivity index (χ1v) is 8.46. The smallest absolute Gasteiger partial charge is 0.311 e. The van der Waals surface area contributed by atoms with Crippen molar-refractivity contribution in [2.45, 2.75) is 44.1 Å². The van der Waals surface area contributed by atoms with Crippen LogP contribution in [-0.2, 0) is 20.7 Å². The lowest BCUT2D eigenvalue weighted by molar-refractivity contribution is -0.188. The Morgan fingerprint density at radius 2 is 1.38 bits per heavy atom. The molecule has 0 saturated heterocycles. The molecule has 0 aliphatic heterocycles. The molecule has 4 fully saturated rings. The van der Waals surface area contributed by atoms with Crippen LogP contribution in [-0.4, -0.2) is 17.4 Å². The summed E-state index contributed by atoms with van der Waals surface area (Å²) in [5.74, 6) is -11.5. The summed E-state index contributed by atoms with van der Waals surface area (Å²) in [5.41, 5.74) is -2.07. The van der Waals surface area contributed by atoms with E-state index < -0.39 is 52.6 Å². The van der Waals surface area contributed by atoms with Crippen molar-refractivity contribution in [3.05, 3.63) is 34.6 Å². The molecular weight excluding hydrogens is 359 g/mol. The van der Waals surface area contributed by atoms with E-state index in [2.05, 4.69) is 0 Å². The van der Waals surface area contributed by atoms with Crippen LogP contribution in [0.5, 0.6) is 0 Å². The molecule has 140 valence electrons. The van der Waals surface area contributed by atoms with Crippen LogP contribution in [0.3, 0.4) is 0 Å². The number of carbonyl (C=O) groups excluding carboxylic acids is 2. The van der Waals surface area contributed by atoms with Gasteiger partial charge in [-0.05, 0) is 38.0 Å². The highest BCUT2D eigenvalue weighted by Gasteiger charge is 2.57. The van der Waals surface area contributed by atoms with Crippen LogP contribution in [0.2, 0.25) is 0 Å². The molecule has 2 unspecified atom stereocenters. The van der Waals surface area contributed by atoms with Crippen LogP contribution in [0.15, 0.2) is 0 Å². The van der Waals surface area contributed by atoms with E-state index in [0.717, 1.165) is 12.8 Å². The lowest BCUT2D eigenvalue weighted by Crippen LogP contribution is -2.57. The van der Waals surface area contributed by atoms with Gasteiger partial charge in [-0.25, -0.2) is 22.0 Å². The molecule has 4 bridgehead atoms. The molecular formula is C18H15F5O3. The second-order valence-electron chi connectivity index (χ2n) is 7.63. The summed E-state index contributed by atoms with van der Waals surface area (Å²) in [5, 5.41) is 0. The van der Waals surface area contributed by atoms with Crippen LogP contribution in [0, 0.1) is 46.8 Å². The van der Waals surface area contributed by atoms with Crippen LogP contribution in [0.1, 0.15) is 37.7 Å². The van der Waals surface area contributed by atoms with Gasteiger partial charge in [0.15, 0.2) is 23.3 Å². The molecule has 26 heavy (non-hydrogen) atoms. The highest BCUT2D eigenvalue weighted by molar-refractivity contribution is 5.86. The fourth-order valence-electron chi connectivity index (χ4n) is 5.03. The van der Waals surface area contributed by atoms with Crippen molar-refractivity contribution in [1.29, 1.82) is 0 Å². The summed E-state index contributed by atoms with van der Waals surface area (Å²) < 4.78 is 72.5. The van der Waals surface area contributed by atoms with Crippen molar-refractivity contribution in [1.82, 2.24) is 0 Å². The molecule has 4 aliphatic rings. The monoisotopic (exact) mass is 374 g/mol. The summed E-state index contributed by atoms with van der Waals surface area (Å²) in [6, 6.07) is 0. The summed E-state index contributed by atoms with van der Waals surface area (Å²) in [4.78, 5) is 24.3. The number of halogens is 5. The third kappa shape index (κ3) is 2.53. The molecule has 0 aromatic heterocycles. The number of rotatable bonds is 3.